The Labute approximate surface area is 71.9 Å². The van der Waals surface area contributed by atoms with Gasteiger partial charge in [-0.15, -0.1) is 0 Å². The molecule has 0 aromatic heterocycles. The van der Waals surface area contributed by atoms with Crippen LogP contribution in [-0.2, 0) is 0 Å². The Hall–Kier alpha value is -0.638. The van der Waals surface area contributed by atoms with Crippen molar-refractivity contribution in [3.63, 3.8) is 0 Å². The molecule has 0 unspecified atom stereocenters. The molecule has 0 heterocycles. The molecule has 0 fully saturated rings. The molecule has 0 saturated heterocycles. The minimum absolute atomic E-state index is 0. The zero-order chi connectivity index (χ0) is 8.41. The van der Waals surface area contributed by atoms with E-state index in [2.05, 4.69) is 0 Å². The second-order valence-electron chi connectivity index (χ2n) is 1.56. The standard InChI is InChI=1S/C3BF4N2.Li/c5-3(6,7)4(8,1-9)2-10;/q-1;+1. The van der Waals surface area contributed by atoms with Crippen molar-refractivity contribution in [2.45, 2.75) is 6.08 Å². The van der Waals surface area contributed by atoms with Crippen LogP contribution in [0.25, 0.3) is 0 Å². The molecule has 0 N–H and O–H groups in total. The van der Waals surface area contributed by atoms with E-state index in [4.69, 9.17) is 10.5 Å². The van der Waals surface area contributed by atoms with Crippen molar-refractivity contribution < 1.29 is 36.3 Å². The Balaban J connectivity index is 0. The van der Waals surface area contributed by atoms with E-state index < -0.39 is 12.5 Å². The van der Waals surface area contributed by atoms with E-state index in [1.54, 1.807) is 0 Å². The maximum atomic E-state index is 12.0. The molecule has 0 aliphatic rings. The molecule has 54 valence electrons. The number of halogens is 4. The summed E-state index contributed by atoms with van der Waals surface area (Å²) in [4.78, 5) is 0. The van der Waals surface area contributed by atoms with Gasteiger partial charge in [0, 0.05) is 0 Å². The molecular formula is C3BF4LiN2. The van der Waals surface area contributed by atoms with Crippen molar-refractivity contribution in [1.29, 1.82) is 10.5 Å². The van der Waals surface area contributed by atoms with Crippen molar-refractivity contribution in [3.8, 4) is 11.9 Å². The van der Waals surface area contributed by atoms with Crippen molar-refractivity contribution in [2.24, 2.45) is 0 Å². The van der Waals surface area contributed by atoms with E-state index in [9.17, 15) is 17.5 Å². The second-order valence-corrected chi connectivity index (χ2v) is 1.56. The molecular weight excluding hydrogens is 158 g/mol. The summed E-state index contributed by atoms with van der Waals surface area (Å²) in [5, 5.41) is 15.2. The van der Waals surface area contributed by atoms with Crippen LogP contribution in [0, 0.1) is 22.5 Å². The Morgan fingerprint density at radius 2 is 1.36 bits per heavy atom. The van der Waals surface area contributed by atoms with E-state index in [0.717, 1.165) is 0 Å². The van der Waals surface area contributed by atoms with Gasteiger partial charge in [-0.1, -0.05) is 11.9 Å². The van der Waals surface area contributed by atoms with Crippen molar-refractivity contribution in [1.82, 2.24) is 0 Å². The smallest absolute Gasteiger partial charge is 0.474 e. The third-order valence-electron chi connectivity index (χ3n) is 0.807. The zero-order valence-corrected chi connectivity index (χ0v) is 5.48. The molecule has 0 aromatic carbocycles. The summed E-state index contributed by atoms with van der Waals surface area (Å²) in [5.74, 6) is 0.556. The molecule has 0 spiro atoms. The van der Waals surface area contributed by atoms with Gasteiger partial charge >= 0.3 is 31.4 Å². The maximum absolute atomic E-state index is 12.0. The predicted molar refractivity (Wildman–Crippen MR) is 24.1 cm³/mol. The number of hydrogen-bond acceptors (Lipinski definition) is 2. The van der Waals surface area contributed by atoms with E-state index in [0.29, 0.717) is 0 Å². The fourth-order valence-corrected chi connectivity index (χ4v) is 0.175. The van der Waals surface area contributed by atoms with Gasteiger partial charge in [-0.05, 0) is 0 Å². The molecule has 0 aliphatic heterocycles. The van der Waals surface area contributed by atoms with Gasteiger partial charge in [-0.25, -0.2) is 23.7 Å². The van der Waals surface area contributed by atoms with Gasteiger partial charge in [-0.3, -0.25) is 0 Å². The van der Waals surface area contributed by atoms with Gasteiger partial charge in [0.05, 0.1) is 0 Å². The summed E-state index contributed by atoms with van der Waals surface area (Å²) < 4.78 is 45.9. The Bertz CT molecular complexity index is 199. The molecule has 0 rings (SSSR count). The van der Waals surface area contributed by atoms with Crippen molar-refractivity contribution in [3.05, 3.63) is 0 Å². The van der Waals surface area contributed by atoms with Crippen LogP contribution >= 0.6 is 0 Å². The minimum atomic E-state index is -5.37. The fraction of sp³-hybridized carbons (Fsp3) is 0.333. The zero-order valence-electron chi connectivity index (χ0n) is 5.48. The summed E-state index contributed by atoms with van der Waals surface area (Å²) >= 11 is 0. The molecule has 0 aromatic rings. The van der Waals surface area contributed by atoms with Crippen LogP contribution in [0.4, 0.5) is 17.5 Å². The van der Waals surface area contributed by atoms with E-state index in [1.807, 2.05) is 0 Å². The third-order valence-corrected chi connectivity index (χ3v) is 0.807. The predicted octanol–water partition coefficient (Wildman–Crippen LogP) is -1.87. The van der Waals surface area contributed by atoms with E-state index in [1.165, 1.54) is 0 Å². The van der Waals surface area contributed by atoms with Gasteiger partial charge in [0.1, 0.15) is 0 Å². The molecule has 0 amide bonds. The molecule has 2 nitrogen and oxygen atoms in total. The Morgan fingerprint density at radius 3 is 1.36 bits per heavy atom. The number of nitriles is 2. The van der Waals surface area contributed by atoms with E-state index in [-0.39, 0.29) is 30.8 Å². The van der Waals surface area contributed by atoms with Crippen LogP contribution in [0.15, 0.2) is 0 Å². The first-order valence-electron chi connectivity index (χ1n) is 2.10. The Morgan fingerprint density at radius 1 is 1.09 bits per heavy atom. The van der Waals surface area contributed by atoms with Gasteiger partial charge in [0.2, 0.25) is 0 Å². The number of alkyl halides is 3. The number of rotatable bonds is 0. The van der Waals surface area contributed by atoms with Crippen LogP contribution in [-0.4, -0.2) is 12.5 Å². The first-order chi connectivity index (χ1) is 4.37. The van der Waals surface area contributed by atoms with Gasteiger partial charge in [0.15, 0.2) is 0 Å². The number of nitrogens with zero attached hydrogens (tertiary/aromatic N) is 2. The van der Waals surface area contributed by atoms with Crippen molar-refractivity contribution in [2.75, 3.05) is 0 Å². The van der Waals surface area contributed by atoms with Gasteiger partial charge < -0.3 is 4.32 Å². The average molecular weight is 158 g/mol. The molecule has 0 saturated carbocycles. The van der Waals surface area contributed by atoms with Gasteiger partial charge in [0.25, 0.3) is 0 Å². The van der Waals surface area contributed by atoms with Crippen LogP contribution in [0.1, 0.15) is 0 Å². The van der Waals surface area contributed by atoms with Crippen molar-refractivity contribution >= 4 is 6.42 Å². The number of hydrogen-bond donors (Lipinski definition) is 0. The SMILES string of the molecule is N#C[B-](F)(C#N)C(F)(F)F.[Li+]. The van der Waals surface area contributed by atoms with Gasteiger partial charge in [-0.2, -0.15) is 0 Å². The maximum Gasteiger partial charge on any atom is 1.00 e. The molecule has 0 radical (unpaired) electrons. The first-order valence-corrected chi connectivity index (χ1v) is 2.10. The molecule has 0 atom stereocenters. The summed E-state index contributed by atoms with van der Waals surface area (Å²) in [7, 11) is 0. The first kappa shape index (κ1) is 13.0. The largest absolute Gasteiger partial charge is 1.00 e. The van der Waals surface area contributed by atoms with Crippen LogP contribution in [0.5, 0.6) is 0 Å². The third kappa shape index (κ3) is 2.46. The van der Waals surface area contributed by atoms with Crippen LogP contribution in [0.2, 0.25) is 0 Å². The summed E-state index contributed by atoms with van der Waals surface area (Å²) in [6.45, 7) is 0. The molecule has 11 heavy (non-hydrogen) atoms. The monoisotopic (exact) mass is 158 g/mol. The quantitative estimate of drug-likeness (QED) is 0.306. The van der Waals surface area contributed by atoms with Crippen LogP contribution in [0.3, 0.4) is 0 Å². The normalized spacial score (nSPS) is 10.7. The fourth-order valence-electron chi connectivity index (χ4n) is 0.175. The second kappa shape index (κ2) is 3.67. The topological polar surface area (TPSA) is 47.6 Å². The van der Waals surface area contributed by atoms with Crippen LogP contribution < -0.4 is 18.9 Å². The summed E-state index contributed by atoms with van der Waals surface area (Å²) in [6, 6.07) is 0. The minimum Gasteiger partial charge on any atom is -0.474 e. The summed E-state index contributed by atoms with van der Waals surface area (Å²) in [6.07, 6.45) is -10.4. The van der Waals surface area contributed by atoms with E-state index >= 15 is 0 Å². The molecule has 0 aliphatic carbocycles. The molecule has 8 heteroatoms. The average Bonchev–Trinajstić information content (AvgIpc) is 1.84. The summed E-state index contributed by atoms with van der Waals surface area (Å²) in [5.41, 5.74) is 0. The Kier molecular flexibility index (Phi) is 4.33. The molecule has 0 bridgehead atoms.